The maximum Gasteiger partial charge on any atom is 0.227 e. The van der Waals surface area contributed by atoms with Gasteiger partial charge in [0.1, 0.15) is 0 Å². The third-order valence-corrected chi connectivity index (χ3v) is 3.58. The summed E-state index contributed by atoms with van der Waals surface area (Å²) in [7, 11) is 0. The molecule has 1 fully saturated rings. The van der Waals surface area contributed by atoms with Crippen molar-refractivity contribution >= 4 is 11.8 Å². The predicted octanol–water partition coefficient (Wildman–Crippen LogP) is 2.28. The van der Waals surface area contributed by atoms with Crippen molar-refractivity contribution in [3.63, 3.8) is 0 Å². The van der Waals surface area contributed by atoms with E-state index in [0.29, 0.717) is 13.0 Å². The number of carbonyl (C=O) groups is 2. The first-order valence-electron chi connectivity index (χ1n) is 7.40. The minimum absolute atomic E-state index is 0.110. The molecule has 0 N–H and O–H groups in total. The van der Waals surface area contributed by atoms with Gasteiger partial charge in [-0.2, -0.15) is 0 Å². The molecule has 0 saturated carbocycles. The highest BCUT2D eigenvalue weighted by Gasteiger charge is 2.40. The molecular formula is C15H28N2O2. The summed E-state index contributed by atoms with van der Waals surface area (Å²) in [6.45, 7) is 12.4. The first kappa shape index (κ1) is 16.0. The van der Waals surface area contributed by atoms with Crippen molar-refractivity contribution in [3.8, 4) is 0 Å². The van der Waals surface area contributed by atoms with Crippen LogP contribution in [-0.2, 0) is 9.59 Å². The van der Waals surface area contributed by atoms with Crippen LogP contribution in [0, 0.1) is 5.92 Å². The van der Waals surface area contributed by atoms with Crippen molar-refractivity contribution in [3.05, 3.63) is 0 Å². The van der Waals surface area contributed by atoms with Crippen LogP contribution in [0.25, 0.3) is 0 Å². The highest BCUT2D eigenvalue weighted by Crippen LogP contribution is 2.27. The van der Waals surface area contributed by atoms with Crippen molar-refractivity contribution in [2.75, 3.05) is 19.6 Å². The fourth-order valence-corrected chi connectivity index (χ4v) is 2.65. The fraction of sp³-hybridized carbons (Fsp3) is 0.867. The van der Waals surface area contributed by atoms with Crippen LogP contribution in [-0.4, -0.2) is 46.8 Å². The summed E-state index contributed by atoms with van der Waals surface area (Å²) >= 11 is 0. The number of likely N-dealkylation sites (tertiary alicyclic amines) is 1. The van der Waals surface area contributed by atoms with Crippen LogP contribution < -0.4 is 0 Å². The van der Waals surface area contributed by atoms with Gasteiger partial charge in [0.2, 0.25) is 11.8 Å². The Morgan fingerprint density at radius 3 is 2.16 bits per heavy atom. The van der Waals surface area contributed by atoms with E-state index in [4.69, 9.17) is 0 Å². The van der Waals surface area contributed by atoms with E-state index in [1.165, 1.54) is 0 Å². The highest BCUT2D eigenvalue weighted by molar-refractivity contribution is 5.89. The van der Waals surface area contributed by atoms with Gasteiger partial charge in [-0.15, -0.1) is 0 Å². The molecule has 0 spiro atoms. The average molecular weight is 268 g/mol. The second-order valence-electron chi connectivity index (χ2n) is 6.40. The van der Waals surface area contributed by atoms with Crippen LogP contribution in [0.3, 0.4) is 0 Å². The van der Waals surface area contributed by atoms with Gasteiger partial charge < -0.3 is 9.80 Å². The van der Waals surface area contributed by atoms with Gasteiger partial charge in [0.15, 0.2) is 0 Å². The van der Waals surface area contributed by atoms with Gasteiger partial charge in [0.25, 0.3) is 0 Å². The molecule has 4 heteroatoms. The molecule has 1 saturated heterocycles. The third-order valence-electron chi connectivity index (χ3n) is 3.58. The molecule has 2 amide bonds. The zero-order valence-corrected chi connectivity index (χ0v) is 13.0. The van der Waals surface area contributed by atoms with E-state index >= 15 is 0 Å². The number of hydrogen-bond donors (Lipinski definition) is 0. The van der Waals surface area contributed by atoms with Crippen LogP contribution in [0.2, 0.25) is 0 Å². The summed E-state index contributed by atoms with van der Waals surface area (Å²) in [5.41, 5.74) is -0.188. The Kier molecular flexibility index (Phi) is 5.39. The number of hydrogen-bond acceptors (Lipinski definition) is 2. The van der Waals surface area contributed by atoms with E-state index in [2.05, 4.69) is 13.8 Å². The molecule has 1 rings (SSSR count). The molecule has 0 radical (unpaired) electrons. The maximum atomic E-state index is 12.5. The lowest BCUT2D eigenvalue weighted by Crippen LogP contribution is -2.44. The van der Waals surface area contributed by atoms with Crippen molar-refractivity contribution < 1.29 is 9.59 Å². The van der Waals surface area contributed by atoms with Gasteiger partial charge in [0, 0.05) is 31.6 Å². The van der Waals surface area contributed by atoms with Crippen LogP contribution in [0.4, 0.5) is 0 Å². The summed E-state index contributed by atoms with van der Waals surface area (Å²) in [4.78, 5) is 28.3. The van der Waals surface area contributed by atoms with E-state index < -0.39 is 0 Å². The van der Waals surface area contributed by atoms with E-state index in [-0.39, 0.29) is 23.3 Å². The Balaban J connectivity index is 2.71. The van der Waals surface area contributed by atoms with Crippen molar-refractivity contribution in [1.29, 1.82) is 0 Å². The number of carbonyl (C=O) groups excluding carboxylic acids is 2. The SMILES string of the molecule is CCCN(CCC)C(=O)[C@H]1CC(=O)N(C(C)(C)C)C1. The molecule has 0 bridgehead atoms. The number of amides is 2. The normalized spacial score (nSPS) is 19.9. The van der Waals surface area contributed by atoms with Gasteiger partial charge in [-0.25, -0.2) is 0 Å². The predicted molar refractivity (Wildman–Crippen MR) is 76.7 cm³/mol. The summed E-state index contributed by atoms with van der Waals surface area (Å²) in [5.74, 6) is 0.118. The Morgan fingerprint density at radius 2 is 1.79 bits per heavy atom. The first-order chi connectivity index (χ1) is 8.81. The summed E-state index contributed by atoms with van der Waals surface area (Å²) in [6.07, 6.45) is 2.31. The van der Waals surface area contributed by atoms with E-state index in [0.717, 1.165) is 25.9 Å². The Labute approximate surface area is 117 Å². The smallest absolute Gasteiger partial charge is 0.227 e. The first-order valence-corrected chi connectivity index (χ1v) is 7.40. The average Bonchev–Trinajstić information content (AvgIpc) is 2.70. The molecule has 1 heterocycles. The summed E-state index contributed by atoms with van der Waals surface area (Å²) in [6, 6.07) is 0. The highest BCUT2D eigenvalue weighted by atomic mass is 16.2. The molecule has 1 aliphatic rings. The molecule has 1 atom stereocenters. The molecule has 4 nitrogen and oxygen atoms in total. The Morgan fingerprint density at radius 1 is 1.26 bits per heavy atom. The van der Waals surface area contributed by atoms with Gasteiger partial charge in [-0.3, -0.25) is 9.59 Å². The molecule has 0 unspecified atom stereocenters. The largest absolute Gasteiger partial charge is 0.342 e. The molecule has 0 aromatic rings. The Hall–Kier alpha value is -1.06. The van der Waals surface area contributed by atoms with Gasteiger partial charge in [-0.05, 0) is 33.6 Å². The maximum absolute atomic E-state index is 12.5. The minimum atomic E-state index is -0.188. The summed E-state index contributed by atoms with van der Waals surface area (Å²) < 4.78 is 0. The molecule has 0 aromatic carbocycles. The standard InChI is InChI=1S/C15H28N2O2/c1-6-8-16(9-7-2)14(19)12-10-13(18)17(11-12)15(3,4)5/h12H,6-11H2,1-5H3/t12-/m0/s1. The van der Waals surface area contributed by atoms with Crippen LogP contribution >= 0.6 is 0 Å². The van der Waals surface area contributed by atoms with Gasteiger partial charge in [0.05, 0.1) is 5.92 Å². The van der Waals surface area contributed by atoms with Crippen molar-refractivity contribution in [2.24, 2.45) is 5.92 Å². The third kappa shape index (κ3) is 3.95. The molecule has 110 valence electrons. The van der Waals surface area contributed by atoms with Crippen LogP contribution in [0.5, 0.6) is 0 Å². The molecule has 19 heavy (non-hydrogen) atoms. The topological polar surface area (TPSA) is 40.6 Å². The van der Waals surface area contributed by atoms with Crippen LogP contribution in [0.1, 0.15) is 53.9 Å². The zero-order chi connectivity index (χ0) is 14.6. The van der Waals surface area contributed by atoms with Gasteiger partial charge in [-0.1, -0.05) is 13.8 Å². The summed E-state index contributed by atoms with van der Waals surface area (Å²) in [5, 5.41) is 0. The number of rotatable bonds is 5. The minimum Gasteiger partial charge on any atom is -0.342 e. The van der Waals surface area contributed by atoms with Crippen molar-refractivity contribution in [2.45, 2.75) is 59.4 Å². The van der Waals surface area contributed by atoms with Crippen LogP contribution in [0.15, 0.2) is 0 Å². The molecule has 1 aliphatic heterocycles. The van der Waals surface area contributed by atoms with E-state index in [1.54, 1.807) is 0 Å². The molecule has 0 aliphatic carbocycles. The van der Waals surface area contributed by atoms with Gasteiger partial charge >= 0.3 is 0 Å². The molecular weight excluding hydrogens is 240 g/mol. The lowest BCUT2D eigenvalue weighted by atomic mass is 10.1. The Bertz CT molecular complexity index is 328. The second-order valence-corrected chi connectivity index (χ2v) is 6.40. The van der Waals surface area contributed by atoms with E-state index in [9.17, 15) is 9.59 Å². The fourth-order valence-electron chi connectivity index (χ4n) is 2.65. The van der Waals surface area contributed by atoms with E-state index in [1.807, 2.05) is 30.6 Å². The lowest BCUT2D eigenvalue weighted by Gasteiger charge is -2.32. The molecule has 0 aromatic heterocycles. The quantitative estimate of drug-likeness (QED) is 0.767. The number of nitrogens with zero attached hydrogens (tertiary/aromatic N) is 2. The lowest BCUT2D eigenvalue weighted by molar-refractivity contribution is -0.136. The monoisotopic (exact) mass is 268 g/mol. The second kappa shape index (κ2) is 6.40. The zero-order valence-electron chi connectivity index (χ0n) is 13.0. The van der Waals surface area contributed by atoms with Crippen molar-refractivity contribution in [1.82, 2.24) is 9.80 Å².